The third-order valence-corrected chi connectivity index (χ3v) is 4.63. The minimum absolute atomic E-state index is 0.169. The molecular weight excluding hydrogens is 336 g/mol. The van der Waals surface area contributed by atoms with Crippen molar-refractivity contribution in [1.82, 2.24) is 0 Å². The molecule has 0 saturated carbocycles. The van der Waals surface area contributed by atoms with Crippen LogP contribution in [0.5, 0.6) is 0 Å². The summed E-state index contributed by atoms with van der Waals surface area (Å²) < 4.78 is 0.988. The molecule has 2 N–H and O–H groups in total. The molecule has 1 atom stereocenters. The lowest BCUT2D eigenvalue weighted by Crippen LogP contribution is -2.22. The van der Waals surface area contributed by atoms with Gasteiger partial charge in [-0.1, -0.05) is 29.8 Å². The molecule has 2 nitrogen and oxygen atoms in total. The van der Waals surface area contributed by atoms with E-state index in [1.54, 1.807) is 0 Å². The van der Waals surface area contributed by atoms with Gasteiger partial charge in [-0.25, -0.2) is 0 Å². The molecule has 0 fully saturated rings. The lowest BCUT2D eigenvalue weighted by molar-refractivity contribution is 0.738. The number of aryl methyl sites for hydroxylation is 1. The van der Waals surface area contributed by atoms with E-state index in [0.717, 1.165) is 32.0 Å². The quantitative estimate of drug-likeness (QED) is 0.769. The highest BCUT2D eigenvalue weighted by Gasteiger charge is 2.17. The molecule has 2 rings (SSSR count). The maximum absolute atomic E-state index is 6.29. The van der Waals surface area contributed by atoms with Crippen molar-refractivity contribution in [1.29, 1.82) is 0 Å². The first-order chi connectivity index (χ1) is 9.41. The van der Waals surface area contributed by atoms with Crippen molar-refractivity contribution < 1.29 is 0 Å². The Morgan fingerprint density at radius 3 is 2.55 bits per heavy atom. The molecule has 20 heavy (non-hydrogen) atoms. The maximum atomic E-state index is 6.29. The maximum Gasteiger partial charge on any atom is 0.0526 e. The second kappa shape index (κ2) is 6.06. The van der Waals surface area contributed by atoms with Gasteiger partial charge in [0.2, 0.25) is 0 Å². The third kappa shape index (κ3) is 2.94. The van der Waals surface area contributed by atoms with Gasteiger partial charge < -0.3 is 10.6 Å². The number of halogens is 2. The Morgan fingerprint density at radius 2 is 1.90 bits per heavy atom. The number of hydrogen-bond donors (Lipinski definition) is 1. The molecule has 106 valence electrons. The first-order valence-corrected chi connectivity index (χ1v) is 7.61. The number of benzene rings is 2. The normalized spacial score (nSPS) is 12.2. The summed E-state index contributed by atoms with van der Waals surface area (Å²) >= 11 is 9.88. The summed E-state index contributed by atoms with van der Waals surface area (Å²) in [5, 5.41) is 0.787. The fourth-order valence-electron chi connectivity index (χ4n) is 2.18. The van der Waals surface area contributed by atoms with Crippen LogP contribution >= 0.6 is 27.5 Å². The molecule has 0 aliphatic rings. The van der Waals surface area contributed by atoms with E-state index in [2.05, 4.69) is 46.9 Å². The molecule has 0 heterocycles. The van der Waals surface area contributed by atoms with Crippen molar-refractivity contribution in [2.75, 3.05) is 17.7 Å². The van der Waals surface area contributed by atoms with Crippen molar-refractivity contribution in [3.63, 3.8) is 0 Å². The van der Waals surface area contributed by atoms with E-state index in [9.17, 15) is 0 Å². The summed E-state index contributed by atoms with van der Waals surface area (Å²) in [6.45, 7) is 4.15. The summed E-state index contributed by atoms with van der Waals surface area (Å²) in [5.74, 6) is 0. The van der Waals surface area contributed by atoms with E-state index in [0.29, 0.717) is 0 Å². The minimum Gasteiger partial charge on any atom is -0.398 e. The van der Waals surface area contributed by atoms with Crippen LogP contribution < -0.4 is 10.6 Å². The Kier molecular flexibility index (Phi) is 4.61. The number of nitrogens with zero attached hydrogens (tertiary/aromatic N) is 1. The first kappa shape index (κ1) is 15.2. The van der Waals surface area contributed by atoms with Crippen LogP contribution in [0.4, 0.5) is 11.4 Å². The lowest BCUT2D eigenvalue weighted by atomic mass is 10.1. The lowest BCUT2D eigenvalue weighted by Gasteiger charge is -2.29. The molecule has 0 aliphatic carbocycles. The highest BCUT2D eigenvalue weighted by molar-refractivity contribution is 9.10. The molecule has 0 bridgehead atoms. The van der Waals surface area contributed by atoms with Gasteiger partial charge in [-0.2, -0.15) is 0 Å². The van der Waals surface area contributed by atoms with Crippen LogP contribution in [0.1, 0.15) is 24.1 Å². The van der Waals surface area contributed by atoms with E-state index >= 15 is 0 Å². The Morgan fingerprint density at radius 1 is 1.25 bits per heavy atom. The number of hydrogen-bond acceptors (Lipinski definition) is 2. The largest absolute Gasteiger partial charge is 0.398 e. The zero-order chi connectivity index (χ0) is 14.9. The molecule has 0 saturated heterocycles. The molecule has 2 aromatic carbocycles. The Balaban J connectivity index is 2.39. The first-order valence-electron chi connectivity index (χ1n) is 6.44. The molecule has 1 unspecified atom stereocenters. The van der Waals surface area contributed by atoms with Crippen molar-refractivity contribution in [3.05, 3.63) is 57.0 Å². The van der Waals surface area contributed by atoms with Crippen LogP contribution in [-0.4, -0.2) is 7.05 Å². The van der Waals surface area contributed by atoms with E-state index in [-0.39, 0.29) is 6.04 Å². The summed E-state index contributed by atoms with van der Waals surface area (Å²) in [5.41, 5.74) is 10.0. The summed E-state index contributed by atoms with van der Waals surface area (Å²) in [4.78, 5) is 2.19. The summed E-state index contributed by atoms with van der Waals surface area (Å²) in [6.07, 6.45) is 0. The van der Waals surface area contributed by atoms with Crippen molar-refractivity contribution in [3.8, 4) is 0 Å². The number of nitrogens with two attached hydrogens (primary N) is 1. The Labute approximate surface area is 133 Å². The average molecular weight is 354 g/mol. The molecule has 0 radical (unpaired) electrons. The standard InChI is InChI=1S/C16H18BrClN2/c1-10-8-16(13(17)9-15(10)19)20(3)11(2)12-6-4-5-7-14(12)18/h4-9,11H,19H2,1-3H3. The number of nitrogen functional groups attached to an aromatic ring is 1. The average Bonchev–Trinajstić information content (AvgIpc) is 2.42. The smallest absolute Gasteiger partial charge is 0.0526 e. The minimum atomic E-state index is 0.169. The SMILES string of the molecule is Cc1cc(N(C)C(C)c2ccccc2Cl)c(Br)cc1N. The van der Waals surface area contributed by atoms with Gasteiger partial charge in [0.25, 0.3) is 0 Å². The number of rotatable bonds is 3. The second-order valence-corrected chi connectivity index (χ2v) is 6.23. The van der Waals surface area contributed by atoms with E-state index in [4.69, 9.17) is 17.3 Å². The second-order valence-electron chi connectivity index (χ2n) is 4.97. The van der Waals surface area contributed by atoms with Gasteiger partial charge in [-0.05, 0) is 59.1 Å². The summed E-state index contributed by atoms with van der Waals surface area (Å²) in [6, 6.07) is 12.1. The fourth-order valence-corrected chi connectivity index (χ4v) is 3.12. The molecule has 0 spiro atoms. The zero-order valence-corrected chi connectivity index (χ0v) is 14.2. The molecule has 2 aromatic rings. The van der Waals surface area contributed by atoms with Crippen molar-refractivity contribution >= 4 is 38.9 Å². The number of anilines is 2. The van der Waals surface area contributed by atoms with Crippen LogP contribution in [0, 0.1) is 6.92 Å². The Bertz CT molecular complexity index is 628. The van der Waals surface area contributed by atoms with E-state index in [1.165, 1.54) is 0 Å². The highest BCUT2D eigenvalue weighted by Crippen LogP contribution is 2.36. The van der Waals surface area contributed by atoms with Crippen LogP contribution in [0.2, 0.25) is 5.02 Å². The third-order valence-electron chi connectivity index (χ3n) is 3.65. The molecular formula is C16H18BrClN2. The van der Waals surface area contributed by atoms with Crippen LogP contribution in [-0.2, 0) is 0 Å². The summed E-state index contributed by atoms with van der Waals surface area (Å²) in [7, 11) is 2.06. The molecule has 0 aromatic heterocycles. The molecule has 4 heteroatoms. The molecule has 0 aliphatic heterocycles. The van der Waals surface area contributed by atoms with Crippen molar-refractivity contribution in [2.24, 2.45) is 0 Å². The van der Waals surface area contributed by atoms with Gasteiger partial charge in [0.15, 0.2) is 0 Å². The van der Waals surface area contributed by atoms with Crippen LogP contribution in [0.25, 0.3) is 0 Å². The Hall–Kier alpha value is -1.19. The zero-order valence-electron chi connectivity index (χ0n) is 11.8. The monoisotopic (exact) mass is 352 g/mol. The fraction of sp³-hybridized carbons (Fsp3) is 0.250. The molecule has 0 amide bonds. The van der Waals surface area contributed by atoms with Crippen LogP contribution in [0.15, 0.2) is 40.9 Å². The van der Waals surface area contributed by atoms with Crippen molar-refractivity contribution in [2.45, 2.75) is 19.9 Å². The van der Waals surface area contributed by atoms with Gasteiger partial charge in [0, 0.05) is 22.2 Å². The van der Waals surface area contributed by atoms with E-state index < -0.39 is 0 Å². The van der Waals surface area contributed by atoms with E-state index in [1.807, 2.05) is 31.2 Å². The predicted octanol–water partition coefficient (Wildman–Crippen LogP) is 5.19. The predicted molar refractivity (Wildman–Crippen MR) is 91.6 cm³/mol. The topological polar surface area (TPSA) is 29.3 Å². The van der Waals surface area contributed by atoms with Gasteiger partial charge in [0.05, 0.1) is 11.7 Å². The van der Waals surface area contributed by atoms with Crippen LogP contribution in [0.3, 0.4) is 0 Å². The van der Waals surface area contributed by atoms with Gasteiger partial charge in [0.1, 0.15) is 0 Å². The van der Waals surface area contributed by atoms with Gasteiger partial charge in [-0.15, -0.1) is 0 Å². The highest BCUT2D eigenvalue weighted by atomic mass is 79.9. The van der Waals surface area contributed by atoms with Gasteiger partial charge in [-0.3, -0.25) is 0 Å². The van der Waals surface area contributed by atoms with Gasteiger partial charge >= 0.3 is 0 Å².